The normalized spacial score (nSPS) is 13.6. The Hall–Kier alpha value is -2.37. The van der Waals surface area contributed by atoms with E-state index in [0.717, 1.165) is 54.3 Å². The minimum Gasteiger partial charge on any atom is -0.375 e. The summed E-state index contributed by atoms with van der Waals surface area (Å²) in [5.41, 5.74) is 2.75. The number of rotatable bonds is 6. The molecule has 1 aliphatic rings. The van der Waals surface area contributed by atoms with Gasteiger partial charge in [0.25, 0.3) is 5.82 Å². The SMILES string of the molecule is Cc1ccc(C(=O)Cn2nc(CNc3ccc(Cl)c(Cl)c3)[n+]3c2CCCCC3)cc1. The number of Topliss-reactive ketones (excluding diaryl/α,β-unsaturated/α-hetero) is 1. The van der Waals surface area contributed by atoms with Crippen LogP contribution in [-0.4, -0.2) is 15.6 Å². The van der Waals surface area contributed by atoms with Crippen LogP contribution in [0.5, 0.6) is 0 Å². The lowest BCUT2D eigenvalue weighted by atomic mass is 10.1. The van der Waals surface area contributed by atoms with Gasteiger partial charge in [0.2, 0.25) is 5.82 Å². The van der Waals surface area contributed by atoms with Gasteiger partial charge in [-0.3, -0.25) is 4.79 Å². The first kappa shape index (κ1) is 20.9. The number of carbonyl (C=O) groups excluding carboxylic acids is 1. The molecule has 1 N–H and O–H groups in total. The Morgan fingerprint density at radius 1 is 1.10 bits per heavy atom. The lowest BCUT2D eigenvalue weighted by Crippen LogP contribution is -2.41. The van der Waals surface area contributed by atoms with E-state index in [0.29, 0.717) is 16.6 Å². The molecule has 0 atom stereocenters. The molecule has 7 heteroatoms. The summed E-state index contributed by atoms with van der Waals surface area (Å²) in [7, 11) is 0. The van der Waals surface area contributed by atoms with Crippen molar-refractivity contribution < 1.29 is 9.36 Å². The van der Waals surface area contributed by atoms with Gasteiger partial charge in [-0.1, -0.05) is 53.0 Å². The number of fused-ring (bicyclic) bond motifs is 1. The maximum atomic E-state index is 12.8. The average molecular weight is 444 g/mol. The lowest BCUT2D eigenvalue weighted by Gasteiger charge is -2.06. The number of aryl methyl sites for hydroxylation is 1. The number of halogens is 2. The molecule has 5 nitrogen and oxygen atoms in total. The van der Waals surface area contributed by atoms with E-state index in [9.17, 15) is 4.79 Å². The van der Waals surface area contributed by atoms with Gasteiger partial charge in [-0.2, -0.15) is 0 Å². The number of anilines is 1. The number of hydrogen-bond donors (Lipinski definition) is 1. The number of aromatic nitrogens is 3. The molecule has 0 aliphatic carbocycles. The second-order valence-corrected chi connectivity index (χ2v) is 8.54. The van der Waals surface area contributed by atoms with Gasteiger partial charge < -0.3 is 5.32 Å². The third-order valence-corrected chi connectivity index (χ3v) is 6.22. The Morgan fingerprint density at radius 2 is 1.90 bits per heavy atom. The van der Waals surface area contributed by atoms with Gasteiger partial charge in [0.05, 0.1) is 16.6 Å². The van der Waals surface area contributed by atoms with E-state index in [2.05, 4.69) is 9.88 Å². The molecule has 2 heterocycles. The summed E-state index contributed by atoms with van der Waals surface area (Å²) in [4.78, 5) is 12.8. The smallest absolute Gasteiger partial charge is 0.296 e. The third kappa shape index (κ3) is 4.68. The number of ketones is 1. The summed E-state index contributed by atoms with van der Waals surface area (Å²) in [6.07, 6.45) is 4.35. The average Bonchev–Trinajstić information content (AvgIpc) is 2.90. The summed E-state index contributed by atoms with van der Waals surface area (Å²) in [5, 5.41) is 9.24. The van der Waals surface area contributed by atoms with Gasteiger partial charge in [-0.05, 0) is 44.4 Å². The van der Waals surface area contributed by atoms with Crippen molar-refractivity contribution >= 4 is 34.7 Å². The predicted molar refractivity (Wildman–Crippen MR) is 119 cm³/mol. The van der Waals surface area contributed by atoms with E-state index in [1.54, 1.807) is 6.07 Å². The highest BCUT2D eigenvalue weighted by Crippen LogP contribution is 2.25. The molecule has 0 saturated carbocycles. The van der Waals surface area contributed by atoms with Crippen molar-refractivity contribution in [2.75, 3.05) is 5.32 Å². The highest BCUT2D eigenvalue weighted by molar-refractivity contribution is 6.42. The molecule has 0 radical (unpaired) electrons. The summed E-state index contributed by atoms with van der Waals surface area (Å²) >= 11 is 12.1. The number of nitrogens with zero attached hydrogens (tertiary/aromatic N) is 3. The second kappa shape index (κ2) is 9.19. The molecule has 30 heavy (non-hydrogen) atoms. The molecule has 3 aromatic rings. The Kier molecular flexibility index (Phi) is 6.40. The van der Waals surface area contributed by atoms with Crippen LogP contribution >= 0.6 is 23.2 Å². The molecule has 0 saturated heterocycles. The molecule has 2 aromatic carbocycles. The van der Waals surface area contributed by atoms with Crippen molar-refractivity contribution in [2.24, 2.45) is 0 Å². The van der Waals surface area contributed by atoms with Crippen LogP contribution in [0.3, 0.4) is 0 Å². The van der Waals surface area contributed by atoms with E-state index < -0.39 is 0 Å². The molecular weight excluding hydrogens is 419 g/mol. The molecule has 0 spiro atoms. The number of hydrogen-bond acceptors (Lipinski definition) is 3. The summed E-state index contributed by atoms with van der Waals surface area (Å²) in [6.45, 7) is 3.75. The molecule has 1 aromatic heterocycles. The Labute approximate surface area is 186 Å². The van der Waals surface area contributed by atoms with Crippen LogP contribution in [0.15, 0.2) is 42.5 Å². The van der Waals surface area contributed by atoms with Gasteiger partial charge in [0.15, 0.2) is 12.3 Å². The van der Waals surface area contributed by atoms with Crippen molar-refractivity contribution in [1.29, 1.82) is 0 Å². The zero-order chi connectivity index (χ0) is 21.1. The van der Waals surface area contributed by atoms with E-state index in [1.165, 1.54) is 6.42 Å². The highest BCUT2D eigenvalue weighted by Gasteiger charge is 2.28. The Balaban J connectivity index is 1.56. The van der Waals surface area contributed by atoms with Crippen molar-refractivity contribution in [3.63, 3.8) is 0 Å². The van der Waals surface area contributed by atoms with Crippen LogP contribution < -0.4 is 9.88 Å². The van der Waals surface area contributed by atoms with Gasteiger partial charge in [-0.25, -0.2) is 4.57 Å². The van der Waals surface area contributed by atoms with E-state index >= 15 is 0 Å². The Bertz CT molecular complexity index is 1060. The zero-order valence-corrected chi connectivity index (χ0v) is 18.5. The van der Waals surface area contributed by atoms with Crippen LogP contribution in [0.2, 0.25) is 10.0 Å². The minimum absolute atomic E-state index is 0.0779. The third-order valence-electron chi connectivity index (χ3n) is 5.48. The largest absolute Gasteiger partial charge is 0.375 e. The first-order valence-corrected chi connectivity index (χ1v) is 11.0. The topological polar surface area (TPSA) is 50.8 Å². The van der Waals surface area contributed by atoms with Crippen molar-refractivity contribution in [3.05, 3.63) is 75.3 Å². The monoisotopic (exact) mass is 443 g/mol. The quantitative estimate of drug-likeness (QED) is 0.430. The molecule has 0 fully saturated rings. The van der Waals surface area contributed by atoms with Gasteiger partial charge in [-0.15, -0.1) is 4.68 Å². The summed E-state index contributed by atoms with van der Waals surface area (Å²) < 4.78 is 4.15. The number of carbonyl (C=O) groups is 1. The zero-order valence-electron chi connectivity index (χ0n) is 17.0. The molecule has 4 rings (SSSR count). The lowest BCUT2D eigenvalue weighted by molar-refractivity contribution is -0.710. The number of benzene rings is 2. The van der Waals surface area contributed by atoms with Crippen molar-refractivity contribution in [2.45, 2.75) is 52.2 Å². The van der Waals surface area contributed by atoms with Crippen LogP contribution in [0.1, 0.15) is 46.8 Å². The molecule has 0 bridgehead atoms. The van der Waals surface area contributed by atoms with Gasteiger partial charge in [0, 0.05) is 22.8 Å². The van der Waals surface area contributed by atoms with E-state index in [4.69, 9.17) is 28.3 Å². The first-order chi connectivity index (χ1) is 14.5. The molecular formula is C23H25Cl2N4O+. The van der Waals surface area contributed by atoms with E-state index in [-0.39, 0.29) is 12.3 Å². The highest BCUT2D eigenvalue weighted by atomic mass is 35.5. The van der Waals surface area contributed by atoms with Gasteiger partial charge >= 0.3 is 0 Å². The van der Waals surface area contributed by atoms with Crippen molar-refractivity contribution in [3.8, 4) is 0 Å². The standard InChI is InChI=1S/C23H25Cl2N4O/c1-16-6-8-17(9-7-16)21(30)15-29-23-5-3-2-4-12-28(23)22(27-29)14-26-18-10-11-19(24)20(25)13-18/h6-11,13,26H,2-5,12,14-15H2,1H3/q+1. The molecule has 1 aliphatic heterocycles. The van der Waals surface area contributed by atoms with Crippen molar-refractivity contribution in [1.82, 2.24) is 9.78 Å². The van der Waals surface area contributed by atoms with Crippen LogP contribution in [0.4, 0.5) is 5.69 Å². The maximum absolute atomic E-state index is 12.8. The Morgan fingerprint density at radius 3 is 2.67 bits per heavy atom. The van der Waals surface area contributed by atoms with Gasteiger partial charge in [0.1, 0.15) is 6.54 Å². The predicted octanol–water partition coefficient (Wildman–Crippen LogP) is 5.01. The fourth-order valence-corrected chi connectivity index (χ4v) is 4.10. The number of nitrogens with one attached hydrogen (secondary N) is 1. The second-order valence-electron chi connectivity index (χ2n) is 7.72. The summed E-state index contributed by atoms with van der Waals surface area (Å²) in [5.74, 6) is 2.13. The molecule has 156 valence electrons. The first-order valence-electron chi connectivity index (χ1n) is 10.3. The van der Waals surface area contributed by atoms with Crippen LogP contribution in [0, 0.1) is 6.92 Å². The fourth-order valence-electron chi connectivity index (χ4n) is 3.80. The fraction of sp³-hybridized carbons (Fsp3) is 0.348. The maximum Gasteiger partial charge on any atom is 0.296 e. The molecule has 0 unspecified atom stereocenters. The summed E-state index contributed by atoms with van der Waals surface area (Å²) in [6, 6.07) is 13.2. The van der Waals surface area contributed by atoms with Crippen LogP contribution in [0.25, 0.3) is 0 Å². The van der Waals surface area contributed by atoms with E-state index in [1.807, 2.05) is 48.0 Å². The minimum atomic E-state index is 0.0779. The van der Waals surface area contributed by atoms with Crippen LogP contribution in [-0.2, 0) is 26.1 Å². The molecule has 0 amide bonds.